The van der Waals surface area contributed by atoms with E-state index in [0.29, 0.717) is 18.8 Å². The summed E-state index contributed by atoms with van der Waals surface area (Å²) in [6, 6.07) is 3.35. The van der Waals surface area contributed by atoms with E-state index in [4.69, 9.17) is 0 Å². The van der Waals surface area contributed by atoms with Gasteiger partial charge in [-0.25, -0.2) is 15.4 Å². The summed E-state index contributed by atoms with van der Waals surface area (Å²) < 4.78 is 43.0. The molecule has 3 aromatic rings. The van der Waals surface area contributed by atoms with Gasteiger partial charge in [0.2, 0.25) is 11.9 Å². The Morgan fingerprint density at radius 3 is 2.71 bits per heavy atom. The molecule has 4 heterocycles. The molecule has 3 N–H and O–H groups in total. The number of carbonyl (C=O) groups is 1. The molecular weight excluding hydrogens is 461 g/mol. The topological polar surface area (TPSA) is 99.5 Å². The van der Waals surface area contributed by atoms with Crippen molar-refractivity contribution in [3.8, 4) is 0 Å². The molecule has 5 rings (SSSR count). The SMILES string of the molecule is CC1NN(C(C)C)C=C1c1nc2c3cccc(C(F)(F)F)c3nc(N[C@@H]3CCCCNC3=O)n2n1. The zero-order valence-corrected chi connectivity index (χ0v) is 19.6. The Morgan fingerprint density at radius 1 is 1.20 bits per heavy atom. The number of benzene rings is 1. The van der Waals surface area contributed by atoms with Crippen molar-refractivity contribution in [2.75, 3.05) is 11.9 Å². The lowest BCUT2D eigenvalue weighted by molar-refractivity contribution is -0.136. The largest absolute Gasteiger partial charge is 0.418 e. The van der Waals surface area contributed by atoms with Crippen LogP contribution in [0.3, 0.4) is 0 Å². The van der Waals surface area contributed by atoms with Crippen LogP contribution < -0.4 is 16.1 Å². The van der Waals surface area contributed by atoms with Crippen LogP contribution in [0, 0.1) is 0 Å². The highest BCUT2D eigenvalue weighted by molar-refractivity contribution is 5.95. The number of aromatic nitrogens is 4. The first-order valence-corrected chi connectivity index (χ1v) is 11.7. The van der Waals surface area contributed by atoms with E-state index >= 15 is 0 Å². The highest BCUT2D eigenvalue weighted by atomic mass is 19.4. The quantitative estimate of drug-likeness (QED) is 0.518. The Labute approximate surface area is 199 Å². The Kier molecular flexibility index (Phi) is 5.78. The van der Waals surface area contributed by atoms with Gasteiger partial charge >= 0.3 is 6.18 Å². The maximum Gasteiger partial charge on any atom is 0.418 e. The molecule has 1 fully saturated rings. The van der Waals surface area contributed by atoms with Gasteiger partial charge < -0.3 is 15.6 Å². The monoisotopic (exact) mass is 488 g/mol. The smallest absolute Gasteiger partial charge is 0.354 e. The second kappa shape index (κ2) is 8.67. The van der Waals surface area contributed by atoms with E-state index in [1.54, 1.807) is 6.07 Å². The predicted octanol–water partition coefficient (Wildman–Crippen LogP) is 3.33. The molecule has 1 aromatic carbocycles. The molecule has 35 heavy (non-hydrogen) atoms. The van der Waals surface area contributed by atoms with E-state index in [1.807, 2.05) is 32.0 Å². The molecule has 0 saturated carbocycles. The number of hydrogen-bond donors (Lipinski definition) is 3. The number of hydrogen-bond acceptors (Lipinski definition) is 7. The van der Waals surface area contributed by atoms with Crippen LogP contribution in [0.2, 0.25) is 0 Å². The first-order valence-electron chi connectivity index (χ1n) is 11.7. The third kappa shape index (κ3) is 4.26. The zero-order valence-electron chi connectivity index (χ0n) is 19.6. The molecular formula is C23H27F3N8O. The van der Waals surface area contributed by atoms with Crippen LogP contribution in [0.25, 0.3) is 22.1 Å². The molecule has 0 bridgehead atoms. The average Bonchev–Trinajstić information content (AvgIpc) is 3.35. The minimum atomic E-state index is -4.60. The summed E-state index contributed by atoms with van der Waals surface area (Å²) in [6.45, 7) is 6.60. The molecule has 0 radical (unpaired) electrons. The van der Waals surface area contributed by atoms with Crippen molar-refractivity contribution in [3.63, 3.8) is 0 Å². The van der Waals surface area contributed by atoms with Gasteiger partial charge in [0.1, 0.15) is 6.04 Å². The second-order valence-corrected chi connectivity index (χ2v) is 9.23. The van der Waals surface area contributed by atoms with Crippen molar-refractivity contribution in [2.24, 2.45) is 0 Å². The van der Waals surface area contributed by atoms with Crippen LogP contribution in [0.4, 0.5) is 19.1 Å². The van der Waals surface area contributed by atoms with Crippen molar-refractivity contribution in [2.45, 2.75) is 64.3 Å². The standard InChI is InChI=1S/C23H27F3N8O/c1-12(2)33-11-15(13(3)31-33)19-30-20-14-7-6-8-16(23(24,25)26)18(14)29-22(34(20)32-19)28-17-9-4-5-10-27-21(17)35/h6-8,11-13,17,31H,4-5,9-10H2,1-3H3,(H,27,35)(H,28,29)/t13?,17-/m1/s1. The van der Waals surface area contributed by atoms with E-state index in [9.17, 15) is 18.0 Å². The van der Waals surface area contributed by atoms with Gasteiger partial charge in [-0.15, -0.1) is 5.10 Å². The Bertz CT molecular complexity index is 1320. The number of halogens is 3. The molecule has 2 aromatic heterocycles. The first kappa shape index (κ1) is 23.3. The predicted molar refractivity (Wildman–Crippen MR) is 125 cm³/mol. The van der Waals surface area contributed by atoms with Crippen LogP contribution in [-0.4, -0.2) is 55.2 Å². The molecule has 1 unspecified atom stereocenters. The number of anilines is 1. The molecule has 186 valence electrons. The van der Waals surface area contributed by atoms with Crippen LogP contribution in [0.5, 0.6) is 0 Å². The van der Waals surface area contributed by atoms with E-state index in [1.165, 1.54) is 10.6 Å². The summed E-state index contributed by atoms with van der Waals surface area (Å²) >= 11 is 0. The third-order valence-corrected chi connectivity index (χ3v) is 6.35. The van der Waals surface area contributed by atoms with Crippen molar-refractivity contribution < 1.29 is 18.0 Å². The van der Waals surface area contributed by atoms with Crippen LogP contribution in [0.1, 0.15) is 51.4 Å². The number of amides is 1. The first-order chi connectivity index (χ1) is 16.6. The lowest BCUT2D eigenvalue weighted by Gasteiger charge is -2.21. The molecule has 9 nitrogen and oxygen atoms in total. The van der Waals surface area contributed by atoms with E-state index in [2.05, 4.69) is 31.1 Å². The van der Waals surface area contributed by atoms with Crippen molar-refractivity contribution in [3.05, 3.63) is 35.8 Å². The van der Waals surface area contributed by atoms with E-state index in [-0.39, 0.29) is 40.5 Å². The highest BCUT2D eigenvalue weighted by Gasteiger charge is 2.35. The molecule has 2 aliphatic heterocycles. The minimum absolute atomic E-state index is 0.0462. The van der Waals surface area contributed by atoms with E-state index in [0.717, 1.165) is 24.5 Å². The van der Waals surface area contributed by atoms with Crippen LogP contribution >= 0.6 is 0 Å². The Hall–Kier alpha value is -3.41. The summed E-state index contributed by atoms with van der Waals surface area (Å²) in [4.78, 5) is 21.5. The molecule has 1 amide bonds. The number of fused-ring (bicyclic) bond motifs is 3. The van der Waals surface area contributed by atoms with Gasteiger partial charge in [0.05, 0.1) is 17.1 Å². The van der Waals surface area contributed by atoms with Crippen molar-refractivity contribution in [1.29, 1.82) is 0 Å². The number of carbonyl (C=O) groups excluding carboxylic acids is 1. The maximum absolute atomic E-state index is 13.9. The molecule has 2 atom stereocenters. The average molecular weight is 489 g/mol. The minimum Gasteiger partial charge on any atom is -0.354 e. The van der Waals surface area contributed by atoms with Gasteiger partial charge in [-0.1, -0.05) is 6.07 Å². The lowest BCUT2D eigenvalue weighted by Crippen LogP contribution is -2.38. The fourth-order valence-corrected chi connectivity index (χ4v) is 4.45. The summed E-state index contributed by atoms with van der Waals surface area (Å²) in [5.74, 6) is 0.212. The number of alkyl halides is 3. The van der Waals surface area contributed by atoms with Gasteiger partial charge in [-0.2, -0.15) is 17.7 Å². The number of hydrazine groups is 1. The zero-order chi connectivity index (χ0) is 24.9. The summed E-state index contributed by atoms with van der Waals surface area (Å²) in [7, 11) is 0. The third-order valence-electron chi connectivity index (χ3n) is 6.35. The van der Waals surface area contributed by atoms with Crippen molar-refractivity contribution in [1.82, 2.24) is 35.3 Å². The summed E-state index contributed by atoms with van der Waals surface area (Å²) in [5, 5.41) is 12.7. The summed E-state index contributed by atoms with van der Waals surface area (Å²) in [5.41, 5.74) is 3.27. The van der Waals surface area contributed by atoms with Gasteiger partial charge in [-0.3, -0.25) is 4.79 Å². The summed E-state index contributed by atoms with van der Waals surface area (Å²) in [6.07, 6.45) is -0.529. The molecule has 12 heteroatoms. The lowest BCUT2D eigenvalue weighted by atomic mass is 10.1. The number of nitrogens with one attached hydrogen (secondary N) is 3. The fraction of sp³-hybridized carbons (Fsp3) is 0.478. The normalized spacial score (nSPS) is 21.5. The second-order valence-electron chi connectivity index (χ2n) is 9.23. The van der Waals surface area contributed by atoms with Crippen molar-refractivity contribution >= 4 is 34.0 Å². The highest BCUT2D eigenvalue weighted by Crippen LogP contribution is 2.36. The molecule has 2 aliphatic rings. The fourth-order valence-electron chi connectivity index (χ4n) is 4.45. The number of para-hydroxylation sites is 1. The molecule has 0 spiro atoms. The number of rotatable bonds is 4. The van der Waals surface area contributed by atoms with E-state index < -0.39 is 17.8 Å². The van der Waals surface area contributed by atoms with Gasteiger partial charge in [0.25, 0.3) is 0 Å². The van der Waals surface area contributed by atoms with Gasteiger partial charge in [-0.05, 0) is 52.2 Å². The van der Waals surface area contributed by atoms with Crippen LogP contribution in [-0.2, 0) is 11.0 Å². The molecule has 1 saturated heterocycles. The molecule has 0 aliphatic carbocycles. The Balaban J connectivity index is 1.70. The maximum atomic E-state index is 13.9. The van der Waals surface area contributed by atoms with Crippen LogP contribution in [0.15, 0.2) is 24.4 Å². The number of nitrogens with zero attached hydrogens (tertiary/aromatic N) is 5. The van der Waals surface area contributed by atoms with Gasteiger partial charge in [0.15, 0.2) is 11.5 Å². The Morgan fingerprint density at radius 2 is 2.00 bits per heavy atom. The van der Waals surface area contributed by atoms with Gasteiger partial charge in [0, 0.05) is 29.7 Å².